The molecule has 0 spiro atoms. The van der Waals surface area contributed by atoms with Gasteiger partial charge in [0.25, 0.3) is 0 Å². The highest BCUT2D eigenvalue weighted by atomic mass is 16.5. The van der Waals surface area contributed by atoms with Crippen LogP contribution in [0.3, 0.4) is 0 Å². The van der Waals surface area contributed by atoms with E-state index in [4.69, 9.17) is 15.6 Å². The fourth-order valence-electron chi connectivity index (χ4n) is 2.98. The molecule has 1 aromatic heterocycles. The summed E-state index contributed by atoms with van der Waals surface area (Å²) in [6, 6.07) is 20.5. The summed E-state index contributed by atoms with van der Waals surface area (Å²) in [5.41, 5.74) is 10.6. The molecule has 0 amide bonds. The first-order chi connectivity index (χ1) is 12.1. The molecule has 0 saturated carbocycles. The summed E-state index contributed by atoms with van der Waals surface area (Å²) in [6.07, 6.45) is 0. The van der Waals surface area contributed by atoms with Gasteiger partial charge in [-0.05, 0) is 41.8 Å². The average Bonchev–Trinajstić information content (AvgIpc) is 3.09. The Labute approximate surface area is 149 Å². The Morgan fingerprint density at radius 1 is 1.04 bits per heavy atom. The molecule has 2 aromatic carbocycles. The standard InChI is InChI=1S/C21H25N3O/c1-15(2)20-13-21(24(23-20)17-7-5-4-6-8-17)19(14-22)16-9-11-18(25-3)12-10-16/h4-13,15,19H,14,22H2,1-3H3. The van der Waals surface area contributed by atoms with Crippen molar-refractivity contribution in [3.63, 3.8) is 0 Å². The fourth-order valence-corrected chi connectivity index (χ4v) is 2.98. The third kappa shape index (κ3) is 3.59. The minimum Gasteiger partial charge on any atom is -0.497 e. The molecule has 1 atom stereocenters. The molecular formula is C21H25N3O. The first-order valence-corrected chi connectivity index (χ1v) is 8.63. The van der Waals surface area contributed by atoms with E-state index in [1.165, 1.54) is 0 Å². The van der Waals surface area contributed by atoms with E-state index in [1.807, 2.05) is 35.0 Å². The van der Waals surface area contributed by atoms with Crippen LogP contribution < -0.4 is 10.5 Å². The third-order valence-electron chi connectivity index (χ3n) is 4.46. The second-order valence-corrected chi connectivity index (χ2v) is 6.46. The van der Waals surface area contributed by atoms with Crippen molar-refractivity contribution in [3.8, 4) is 11.4 Å². The van der Waals surface area contributed by atoms with Gasteiger partial charge in [0.15, 0.2) is 0 Å². The lowest BCUT2D eigenvalue weighted by Gasteiger charge is -2.18. The van der Waals surface area contributed by atoms with E-state index in [1.54, 1.807) is 7.11 Å². The molecule has 1 unspecified atom stereocenters. The van der Waals surface area contributed by atoms with Crippen molar-refractivity contribution >= 4 is 0 Å². The van der Waals surface area contributed by atoms with Gasteiger partial charge in [0.2, 0.25) is 0 Å². The van der Waals surface area contributed by atoms with Crippen LogP contribution in [0.15, 0.2) is 60.7 Å². The van der Waals surface area contributed by atoms with Crippen LogP contribution >= 0.6 is 0 Å². The predicted molar refractivity (Wildman–Crippen MR) is 102 cm³/mol. The normalized spacial score (nSPS) is 12.4. The lowest BCUT2D eigenvalue weighted by molar-refractivity contribution is 0.414. The quantitative estimate of drug-likeness (QED) is 0.738. The molecular weight excluding hydrogens is 310 g/mol. The molecule has 25 heavy (non-hydrogen) atoms. The Balaban J connectivity index is 2.09. The van der Waals surface area contributed by atoms with Gasteiger partial charge in [0.05, 0.1) is 24.2 Å². The molecule has 130 valence electrons. The largest absolute Gasteiger partial charge is 0.497 e. The molecule has 0 aliphatic carbocycles. The number of methoxy groups -OCH3 is 1. The molecule has 1 heterocycles. The highest BCUT2D eigenvalue weighted by molar-refractivity contribution is 5.40. The molecule has 4 nitrogen and oxygen atoms in total. The summed E-state index contributed by atoms with van der Waals surface area (Å²) in [5, 5.41) is 4.84. The van der Waals surface area contributed by atoms with Gasteiger partial charge in [0.1, 0.15) is 5.75 Å². The zero-order chi connectivity index (χ0) is 17.8. The van der Waals surface area contributed by atoms with Gasteiger partial charge in [-0.15, -0.1) is 0 Å². The van der Waals surface area contributed by atoms with Gasteiger partial charge in [-0.25, -0.2) is 4.68 Å². The van der Waals surface area contributed by atoms with Crippen molar-refractivity contribution in [2.24, 2.45) is 5.73 Å². The van der Waals surface area contributed by atoms with E-state index in [2.05, 4.69) is 44.2 Å². The van der Waals surface area contributed by atoms with E-state index in [-0.39, 0.29) is 5.92 Å². The molecule has 0 bridgehead atoms. The summed E-state index contributed by atoms with van der Waals surface area (Å²) in [5.74, 6) is 1.28. The number of hydrogen-bond acceptors (Lipinski definition) is 3. The van der Waals surface area contributed by atoms with Crippen LogP contribution in [0.2, 0.25) is 0 Å². The van der Waals surface area contributed by atoms with E-state index >= 15 is 0 Å². The molecule has 3 aromatic rings. The summed E-state index contributed by atoms with van der Waals surface area (Å²) in [7, 11) is 1.68. The monoisotopic (exact) mass is 335 g/mol. The van der Waals surface area contributed by atoms with Crippen molar-refractivity contribution in [2.75, 3.05) is 13.7 Å². The maximum atomic E-state index is 6.17. The van der Waals surface area contributed by atoms with Gasteiger partial charge < -0.3 is 10.5 Å². The van der Waals surface area contributed by atoms with E-state index in [0.29, 0.717) is 12.5 Å². The molecule has 2 N–H and O–H groups in total. The topological polar surface area (TPSA) is 53.1 Å². The van der Waals surface area contributed by atoms with Gasteiger partial charge in [-0.2, -0.15) is 5.10 Å². The van der Waals surface area contributed by atoms with E-state index in [0.717, 1.165) is 28.4 Å². The molecule has 0 radical (unpaired) electrons. The van der Waals surface area contributed by atoms with Gasteiger partial charge >= 0.3 is 0 Å². The zero-order valence-electron chi connectivity index (χ0n) is 15.0. The second kappa shape index (κ2) is 7.53. The number of aromatic nitrogens is 2. The average molecular weight is 335 g/mol. The summed E-state index contributed by atoms with van der Waals surface area (Å²) in [6.45, 7) is 4.83. The molecule has 0 fully saturated rings. The maximum Gasteiger partial charge on any atom is 0.118 e. The van der Waals surface area contributed by atoms with Crippen LogP contribution in [-0.4, -0.2) is 23.4 Å². The van der Waals surface area contributed by atoms with Crippen molar-refractivity contribution in [3.05, 3.63) is 77.6 Å². The number of para-hydroxylation sites is 1. The Kier molecular flexibility index (Phi) is 5.19. The third-order valence-corrected chi connectivity index (χ3v) is 4.46. The number of rotatable bonds is 6. The first-order valence-electron chi connectivity index (χ1n) is 8.63. The first kappa shape index (κ1) is 17.2. The second-order valence-electron chi connectivity index (χ2n) is 6.46. The molecule has 0 aliphatic rings. The Morgan fingerprint density at radius 3 is 2.28 bits per heavy atom. The van der Waals surface area contributed by atoms with Crippen LogP contribution in [0.25, 0.3) is 5.69 Å². The van der Waals surface area contributed by atoms with Gasteiger partial charge in [-0.1, -0.05) is 44.2 Å². The smallest absolute Gasteiger partial charge is 0.118 e. The van der Waals surface area contributed by atoms with Gasteiger partial charge in [-0.3, -0.25) is 0 Å². The van der Waals surface area contributed by atoms with Crippen molar-refractivity contribution in [1.29, 1.82) is 0 Å². The van der Waals surface area contributed by atoms with Crippen molar-refractivity contribution in [1.82, 2.24) is 9.78 Å². The molecule has 4 heteroatoms. The van der Waals surface area contributed by atoms with Gasteiger partial charge in [0, 0.05) is 12.5 Å². The maximum absolute atomic E-state index is 6.17. The van der Waals surface area contributed by atoms with Crippen molar-refractivity contribution < 1.29 is 4.74 Å². The number of benzene rings is 2. The number of ether oxygens (including phenoxy) is 1. The van der Waals surface area contributed by atoms with Crippen LogP contribution in [-0.2, 0) is 0 Å². The Bertz CT molecular complexity index is 807. The number of hydrogen-bond donors (Lipinski definition) is 1. The zero-order valence-corrected chi connectivity index (χ0v) is 15.0. The highest BCUT2D eigenvalue weighted by Crippen LogP contribution is 2.29. The van der Waals surface area contributed by atoms with Crippen LogP contribution in [0.5, 0.6) is 5.75 Å². The minimum atomic E-state index is 0.0751. The number of nitrogens with zero attached hydrogens (tertiary/aromatic N) is 2. The van der Waals surface area contributed by atoms with E-state index < -0.39 is 0 Å². The fraction of sp³-hybridized carbons (Fsp3) is 0.286. The predicted octanol–water partition coefficient (Wildman–Crippen LogP) is 4.09. The SMILES string of the molecule is COc1ccc(C(CN)c2cc(C(C)C)nn2-c2ccccc2)cc1. The molecule has 0 saturated heterocycles. The lowest BCUT2D eigenvalue weighted by atomic mass is 9.94. The van der Waals surface area contributed by atoms with Crippen LogP contribution in [0.4, 0.5) is 0 Å². The lowest BCUT2D eigenvalue weighted by Crippen LogP contribution is -2.17. The summed E-state index contributed by atoms with van der Waals surface area (Å²) >= 11 is 0. The summed E-state index contributed by atoms with van der Waals surface area (Å²) in [4.78, 5) is 0. The summed E-state index contributed by atoms with van der Waals surface area (Å²) < 4.78 is 7.29. The Hall–Kier alpha value is -2.59. The van der Waals surface area contributed by atoms with Crippen LogP contribution in [0.1, 0.15) is 42.6 Å². The molecule has 0 aliphatic heterocycles. The minimum absolute atomic E-state index is 0.0751. The van der Waals surface area contributed by atoms with E-state index in [9.17, 15) is 0 Å². The number of nitrogens with two attached hydrogens (primary N) is 1. The molecule has 3 rings (SSSR count). The Morgan fingerprint density at radius 2 is 1.72 bits per heavy atom. The van der Waals surface area contributed by atoms with Crippen LogP contribution in [0, 0.1) is 0 Å². The van der Waals surface area contributed by atoms with Crippen molar-refractivity contribution in [2.45, 2.75) is 25.7 Å². The highest BCUT2D eigenvalue weighted by Gasteiger charge is 2.21.